The van der Waals surface area contributed by atoms with Gasteiger partial charge >= 0.3 is 0 Å². The van der Waals surface area contributed by atoms with Crippen molar-refractivity contribution in [2.75, 3.05) is 19.6 Å². The van der Waals surface area contributed by atoms with Gasteiger partial charge in [0.05, 0.1) is 5.41 Å². The number of carbonyl (C=O) groups is 2. The molecule has 2 fully saturated rings. The van der Waals surface area contributed by atoms with Gasteiger partial charge in [-0.15, -0.1) is 0 Å². The molecule has 2 atom stereocenters. The summed E-state index contributed by atoms with van der Waals surface area (Å²) in [6.45, 7) is 1.35. The molecule has 1 spiro atoms. The second-order valence-corrected chi connectivity index (χ2v) is 4.48. The number of amides is 2. The molecule has 6 heteroatoms. The first-order valence-corrected chi connectivity index (χ1v) is 5.34. The Morgan fingerprint density at radius 2 is 2.33 bits per heavy atom. The summed E-state index contributed by atoms with van der Waals surface area (Å²) in [5, 5.41) is 2.74. The Bertz CT molecular complexity index is 310. The Labute approximate surface area is 91.7 Å². The predicted octanol–water partition coefficient (Wildman–Crippen LogP) is 0.259. The van der Waals surface area contributed by atoms with Gasteiger partial charge in [0, 0.05) is 19.6 Å². The zero-order chi connectivity index (χ0) is 11.1. The second kappa shape index (κ2) is 3.63. The van der Waals surface area contributed by atoms with Crippen molar-refractivity contribution in [1.29, 1.82) is 0 Å². The van der Waals surface area contributed by atoms with Crippen molar-refractivity contribution in [2.45, 2.75) is 18.5 Å². The van der Waals surface area contributed by atoms with Gasteiger partial charge in [-0.1, -0.05) is 11.6 Å². The van der Waals surface area contributed by atoms with E-state index in [0.29, 0.717) is 26.1 Å². The molecular formula is C9H12ClFN2O2. The third-order valence-corrected chi connectivity index (χ3v) is 3.41. The molecule has 2 heterocycles. The van der Waals surface area contributed by atoms with Gasteiger partial charge in [-0.05, 0) is 12.8 Å². The summed E-state index contributed by atoms with van der Waals surface area (Å²) in [7, 11) is 0. The van der Waals surface area contributed by atoms with Crippen LogP contribution >= 0.6 is 11.6 Å². The number of hydrogen-bond donors (Lipinski definition) is 1. The molecule has 0 saturated carbocycles. The maximum Gasteiger partial charge on any atom is 0.272 e. The molecule has 2 amide bonds. The van der Waals surface area contributed by atoms with Gasteiger partial charge in [0.2, 0.25) is 5.91 Å². The first-order valence-electron chi connectivity index (χ1n) is 4.90. The molecule has 0 radical (unpaired) electrons. The summed E-state index contributed by atoms with van der Waals surface area (Å²) in [5.41, 5.74) is -2.48. The maximum absolute atomic E-state index is 12.6. The van der Waals surface area contributed by atoms with Gasteiger partial charge < -0.3 is 10.2 Å². The van der Waals surface area contributed by atoms with Crippen LogP contribution in [-0.4, -0.2) is 42.0 Å². The van der Waals surface area contributed by atoms with Crippen LogP contribution < -0.4 is 5.32 Å². The second-order valence-electron chi connectivity index (χ2n) is 4.10. The lowest BCUT2D eigenvalue weighted by molar-refractivity contribution is -0.133. The maximum atomic E-state index is 12.6. The molecular weight excluding hydrogens is 223 g/mol. The Kier molecular flexibility index (Phi) is 2.58. The van der Waals surface area contributed by atoms with Gasteiger partial charge in [-0.3, -0.25) is 9.59 Å². The monoisotopic (exact) mass is 234 g/mol. The molecule has 0 aromatic rings. The normalized spacial score (nSPS) is 32.1. The number of halogens is 2. The minimum atomic E-state index is -2.00. The number of likely N-dealkylation sites (tertiary alicyclic amines) is 1. The number of hydrogen-bond acceptors (Lipinski definition) is 2. The van der Waals surface area contributed by atoms with Crippen molar-refractivity contribution in [1.82, 2.24) is 10.2 Å². The van der Waals surface area contributed by atoms with E-state index in [1.165, 1.54) is 4.90 Å². The van der Waals surface area contributed by atoms with E-state index < -0.39 is 17.0 Å². The molecule has 84 valence electrons. The van der Waals surface area contributed by atoms with Gasteiger partial charge in [0.1, 0.15) is 0 Å². The smallest absolute Gasteiger partial charge is 0.272 e. The van der Waals surface area contributed by atoms with E-state index in [4.69, 9.17) is 11.6 Å². The molecule has 0 bridgehead atoms. The summed E-state index contributed by atoms with van der Waals surface area (Å²) in [5.74, 6) is -0.754. The SMILES string of the molecule is O=C(C(F)Cl)N1CC[C@@]2(CCNC2=O)C1. The van der Waals surface area contributed by atoms with E-state index in [1.54, 1.807) is 0 Å². The zero-order valence-corrected chi connectivity index (χ0v) is 8.89. The quantitative estimate of drug-likeness (QED) is 0.662. The van der Waals surface area contributed by atoms with Crippen LogP contribution in [0.5, 0.6) is 0 Å². The van der Waals surface area contributed by atoms with E-state index >= 15 is 0 Å². The molecule has 1 unspecified atom stereocenters. The highest BCUT2D eigenvalue weighted by Crippen LogP contribution is 2.37. The molecule has 2 aliphatic rings. The van der Waals surface area contributed by atoms with Crippen molar-refractivity contribution >= 4 is 23.4 Å². The number of alkyl halides is 2. The minimum Gasteiger partial charge on any atom is -0.356 e. The third kappa shape index (κ3) is 1.69. The highest BCUT2D eigenvalue weighted by molar-refractivity contribution is 6.29. The van der Waals surface area contributed by atoms with E-state index in [-0.39, 0.29) is 5.91 Å². The number of carbonyl (C=O) groups excluding carboxylic acids is 2. The molecule has 4 nitrogen and oxygen atoms in total. The van der Waals surface area contributed by atoms with Crippen LogP contribution in [0.1, 0.15) is 12.8 Å². The fourth-order valence-corrected chi connectivity index (χ4v) is 2.44. The van der Waals surface area contributed by atoms with E-state index in [1.807, 2.05) is 0 Å². The fraction of sp³-hybridized carbons (Fsp3) is 0.778. The molecule has 0 aromatic heterocycles. The van der Waals surface area contributed by atoms with Crippen molar-refractivity contribution < 1.29 is 14.0 Å². The zero-order valence-electron chi connectivity index (χ0n) is 8.13. The average molecular weight is 235 g/mol. The van der Waals surface area contributed by atoms with Crippen LogP contribution in [0.2, 0.25) is 0 Å². The third-order valence-electron chi connectivity index (χ3n) is 3.22. The topological polar surface area (TPSA) is 49.4 Å². The molecule has 0 aliphatic carbocycles. The summed E-state index contributed by atoms with van der Waals surface area (Å²) >= 11 is 5.08. The van der Waals surface area contributed by atoms with Crippen molar-refractivity contribution in [3.63, 3.8) is 0 Å². The highest BCUT2D eigenvalue weighted by atomic mass is 35.5. The van der Waals surface area contributed by atoms with Crippen LogP contribution in [0.15, 0.2) is 0 Å². The Hall–Kier alpha value is -0.840. The molecule has 2 saturated heterocycles. The van der Waals surface area contributed by atoms with E-state index in [2.05, 4.69) is 5.32 Å². The fourth-order valence-electron chi connectivity index (χ4n) is 2.30. The van der Waals surface area contributed by atoms with Crippen LogP contribution in [0, 0.1) is 5.41 Å². The van der Waals surface area contributed by atoms with Gasteiger partial charge in [0.15, 0.2) is 0 Å². The van der Waals surface area contributed by atoms with Crippen LogP contribution in [0.25, 0.3) is 0 Å². The minimum absolute atomic E-state index is 0.0252. The van der Waals surface area contributed by atoms with Crippen molar-refractivity contribution in [2.24, 2.45) is 5.41 Å². The lowest BCUT2D eigenvalue weighted by Gasteiger charge is -2.20. The summed E-state index contributed by atoms with van der Waals surface area (Å²) in [4.78, 5) is 24.2. The lowest BCUT2D eigenvalue weighted by atomic mass is 9.86. The Morgan fingerprint density at radius 1 is 1.60 bits per heavy atom. The van der Waals surface area contributed by atoms with Crippen molar-refractivity contribution in [3.05, 3.63) is 0 Å². The Balaban J connectivity index is 2.06. The number of nitrogens with zero attached hydrogens (tertiary/aromatic N) is 1. The van der Waals surface area contributed by atoms with Crippen LogP contribution in [0.3, 0.4) is 0 Å². The molecule has 15 heavy (non-hydrogen) atoms. The number of nitrogens with one attached hydrogen (secondary N) is 1. The Morgan fingerprint density at radius 3 is 2.87 bits per heavy atom. The van der Waals surface area contributed by atoms with Gasteiger partial charge in [0.25, 0.3) is 11.5 Å². The van der Waals surface area contributed by atoms with Gasteiger partial charge in [-0.2, -0.15) is 0 Å². The predicted molar refractivity (Wildman–Crippen MR) is 52.0 cm³/mol. The lowest BCUT2D eigenvalue weighted by Crippen LogP contribution is -2.38. The summed E-state index contributed by atoms with van der Waals surface area (Å²) in [6.07, 6.45) is 1.32. The van der Waals surface area contributed by atoms with E-state index in [0.717, 1.165) is 6.42 Å². The van der Waals surface area contributed by atoms with Gasteiger partial charge in [-0.25, -0.2) is 4.39 Å². The molecule has 0 aromatic carbocycles. The summed E-state index contributed by atoms with van der Waals surface area (Å²) < 4.78 is 12.6. The largest absolute Gasteiger partial charge is 0.356 e. The van der Waals surface area contributed by atoms with Crippen LogP contribution in [-0.2, 0) is 9.59 Å². The van der Waals surface area contributed by atoms with Crippen molar-refractivity contribution in [3.8, 4) is 0 Å². The first-order chi connectivity index (χ1) is 7.05. The van der Waals surface area contributed by atoms with E-state index in [9.17, 15) is 14.0 Å². The standard InChI is InChI=1S/C9H12ClFN2O2/c10-6(11)7(14)13-4-2-9(5-13)1-3-12-8(9)15/h6H,1-5H2,(H,12,15)/t6?,9-/m0/s1. The molecule has 2 rings (SSSR count). The van der Waals surface area contributed by atoms with Crippen LogP contribution in [0.4, 0.5) is 4.39 Å². The summed E-state index contributed by atoms with van der Waals surface area (Å²) in [6, 6.07) is 0. The highest BCUT2D eigenvalue weighted by Gasteiger charge is 2.49. The average Bonchev–Trinajstić information content (AvgIpc) is 2.76. The first kappa shape index (κ1) is 10.7. The number of rotatable bonds is 1. The molecule has 1 N–H and O–H groups in total. The molecule has 2 aliphatic heterocycles.